The quantitative estimate of drug-likeness (QED) is 0.263. The minimum absolute atomic E-state index is 0.0920. The molecule has 0 aromatic heterocycles. The molecule has 0 bridgehead atoms. The Hall–Kier alpha value is -1.63. The third-order valence-corrected chi connectivity index (χ3v) is 5.94. The van der Waals surface area contributed by atoms with Gasteiger partial charge in [-0.15, -0.1) is 0 Å². The van der Waals surface area contributed by atoms with Gasteiger partial charge in [0, 0.05) is 5.56 Å². The highest BCUT2D eigenvalue weighted by molar-refractivity contribution is 5.64. The van der Waals surface area contributed by atoms with Gasteiger partial charge < -0.3 is 0 Å². The van der Waals surface area contributed by atoms with Crippen molar-refractivity contribution in [3.8, 4) is 11.1 Å². The predicted octanol–water partition coefficient (Wildman–Crippen LogP) is 9.30. The van der Waals surface area contributed by atoms with Gasteiger partial charge in [-0.2, -0.15) is 0 Å². The number of hydrogen-bond donors (Lipinski definition) is 0. The fourth-order valence-corrected chi connectivity index (χ4v) is 4.02. The topological polar surface area (TPSA) is 0 Å². The van der Waals surface area contributed by atoms with Crippen LogP contribution < -0.4 is 0 Å². The zero-order chi connectivity index (χ0) is 20.7. The van der Waals surface area contributed by atoms with E-state index in [4.69, 9.17) is 0 Å². The summed E-state index contributed by atoms with van der Waals surface area (Å²) < 4.78 is 14.6. The van der Waals surface area contributed by atoms with E-state index >= 15 is 0 Å². The Kier molecular flexibility index (Phi) is 11.7. The van der Waals surface area contributed by atoms with Crippen molar-refractivity contribution in [2.24, 2.45) is 0 Å². The highest BCUT2D eigenvalue weighted by Gasteiger charge is 2.06. The Morgan fingerprint density at radius 2 is 1.03 bits per heavy atom. The van der Waals surface area contributed by atoms with Gasteiger partial charge in [-0.05, 0) is 48.4 Å². The third kappa shape index (κ3) is 9.15. The predicted molar refractivity (Wildman–Crippen MR) is 126 cm³/mol. The Morgan fingerprint density at radius 1 is 0.552 bits per heavy atom. The first-order valence-corrected chi connectivity index (χ1v) is 12.1. The van der Waals surface area contributed by atoms with E-state index in [1.165, 1.54) is 76.2 Å². The largest absolute Gasteiger partial charge is 0.206 e. The van der Waals surface area contributed by atoms with Crippen molar-refractivity contribution in [3.05, 3.63) is 59.4 Å². The Labute approximate surface area is 178 Å². The average molecular weight is 397 g/mol. The molecule has 0 radical (unpaired) electrons. The van der Waals surface area contributed by atoms with Crippen LogP contribution in [0.4, 0.5) is 4.39 Å². The summed E-state index contributed by atoms with van der Waals surface area (Å²) in [5.74, 6) is -0.0920. The van der Waals surface area contributed by atoms with Crippen LogP contribution in [-0.4, -0.2) is 0 Å². The van der Waals surface area contributed by atoms with Crippen LogP contribution in [-0.2, 0) is 12.8 Å². The minimum Gasteiger partial charge on any atom is -0.206 e. The Morgan fingerprint density at radius 3 is 1.66 bits per heavy atom. The van der Waals surface area contributed by atoms with Crippen LogP contribution in [0.1, 0.15) is 102 Å². The van der Waals surface area contributed by atoms with Crippen molar-refractivity contribution in [1.29, 1.82) is 0 Å². The van der Waals surface area contributed by atoms with E-state index in [0.717, 1.165) is 36.0 Å². The summed E-state index contributed by atoms with van der Waals surface area (Å²) in [6.45, 7) is 4.47. The molecular formula is C28H41F. The summed E-state index contributed by atoms with van der Waals surface area (Å²) in [6, 6.07) is 14.3. The van der Waals surface area contributed by atoms with Gasteiger partial charge in [0.2, 0.25) is 0 Å². The number of aryl methyl sites for hydroxylation is 2. The highest BCUT2D eigenvalue weighted by atomic mass is 19.1. The lowest BCUT2D eigenvalue weighted by Gasteiger charge is -2.08. The van der Waals surface area contributed by atoms with Crippen LogP contribution >= 0.6 is 0 Å². The maximum atomic E-state index is 14.6. The monoisotopic (exact) mass is 396 g/mol. The Bertz CT molecular complexity index is 671. The van der Waals surface area contributed by atoms with Gasteiger partial charge in [-0.3, -0.25) is 0 Å². The van der Waals surface area contributed by atoms with Crippen LogP contribution in [0.2, 0.25) is 0 Å². The summed E-state index contributed by atoms with van der Waals surface area (Å²) in [5.41, 5.74) is 4.19. The van der Waals surface area contributed by atoms with Gasteiger partial charge in [-0.1, -0.05) is 114 Å². The number of unbranched alkanes of at least 4 members (excludes halogenated alkanes) is 10. The molecule has 0 nitrogen and oxygen atoms in total. The van der Waals surface area contributed by atoms with Gasteiger partial charge in [0.1, 0.15) is 5.82 Å². The molecule has 0 spiro atoms. The molecule has 0 aliphatic rings. The van der Waals surface area contributed by atoms with E-state index in [-0.39, 0.29) is 5.82 Å². The summed E-state index contributed by atoms with van der Waals surface area (Å²) >= 11 is 0. The number of hydrogen-bond acceptors (Lipinski definition) is 0. The summed E-state index contributed by atoms with van der Waals surface area (Å²) in [4.78, 5) is 0. The molecule has 29 heavy (non-hydrogen) atoms. The van der Waals surface area contributed by atoms with Crippen molar-refractivity contribution in [1.82, 2.24) is 0 Å². The molecule has 0 N–H and O–H groups in total. The van der Waals surface area contributed by atoms with E-state index < -0.39 is 0 Å². The lowest BCUT2D eigenvalue weighted by molar-refractivity contribution is 0.565. The first kappa shape index (κ1) is 23.6. The fraction of sp³-hybridized carbons (Fsp3) is 0.571. The van der Waals surface area contributed by atoms with E-state index in [0.29, 0.717) is 0 Å². The average Bonchev–Trinajstić information content (AvgIpc) is 2.73. The van der Waals surface area contributed by atoms with E-state index in [2.05, 4.69) is 44.2 Å². The molecule has 0 heterocycles. The van der Waals surface area contributed by atoms with Crippen LogP contribution in [0.15, 0.2) is 42.5 Å². The van der Waals surface area contributed by atoms with E-state index in [1.807, 2.05) is 6.07 Å². The fourth-order valence-electron chi connectivity index (χ4n) is 4.02. The number of halogens is 1. The lowest BCUT2D eigenvalue weighted by atomic mass is 9.98. The lowest BCUT2D eigenvalue weighted by Crippen LogP contribution is -1.91. The zero-order valence-corrected chi connectivity index (χ0v) is 18.8. The zero-order valence-electron chi connectivity index (χ0n) is 18.8. The molecule has 0 saturated heterocycles. The first-order valence-electron chi connectivity index (χ1n) is 12.1. The van der Waals surface area contributed by atoms with Crippen LogP contribution in [0, 0.1) is 5.82 Å². The van der Waals surface area contributed by atoms with Crippen molar-refractivity contribution in [2.45, 2.75) is 104 Å². The minimum atomic E-state index is -0.0920. The smallest absolute Gasteiger partial charge is 0.131 e. The highest BCUT2D eigenvalue weighted by Crippen LogP contribution is 2.25. The van der Waals surface area contributed by atoms with Gasteiger partial charge in [0.05, 0.1) is 0 Å². The Balaban J connectivity index is 1.72. The number of rotatable bonds is 15. The normalized spacial score (nSPS) is 11.1. The summed E-state index contributed by atoms with van der Waals surface area (Å²) in [5, 5.41) is 0. The van der Waals surface area contributed by atoms with Gasteiger partial charge in [-0.25, -0.2) is 4.39 Å². The van der Waals surface area contributed by atoms with E-state index in [1.54, 1.807) is 6.07 Å². The van der Waals surface area contributed by atoms with Crippen LogP contribution in [0.5, 0.6) is 0 Å². The SMILES string of the molecule is CCCCCCCCCCCc1ccc(-c2ccc(CCCCC)cc2F)cc1. The first-order chi connectivity index (χ1) is 14.2. The third-order valence-electron chi connectivity index (χ3n) is 5.94. The number of benzene rings is 2. The van der Waals surface area contributed by atoms with Gasteiger partial charge >= 0.3 is 0 Å². The molecule has 0 aliphatic carbocycles. The molecule has 2 aromatic carbocycles. The molecule has 0 fully saturated rings. The van der Waals surface area contributed by atoms with E-state index in [9.17, 15) is 4.39 Å². The summed E-state index contributed by atoms with van der Waals surface area (Å²) in [6.07, 6.45) is 17.9. The second-order valence-electron chi connectivity index (χ2n) is 8.55. The van der Waals surface area contributed by atoms with Gasteiger partial charge in [0.25, 0.3) is 0 Å². The molecule has 0 unspecified atom stereocenters. The standard InChI is InChI=1S/C28H41F/c1-3-5-7-8-9-10-11-12-14-15-24-17-20-26(21-18-24)27-22-19-25(23-28(27)29)16-13-6-4-2/h17-23H,3-16H2,1-2H3. The molecule has 160 valence electrons. The molecule has 0 atom stereocenters. The molecule has 1 heteroatoms. The van der Waals surface area contributed by atoms with Crippen molar-refractivity contribution >= 4 is 0 Å². The second-order valence-corrected chi connectivity index (χ2v) is 8.55. The van der Waals surface area contributed by atoms with Gasteiger partial charge in [0.15, 0.2) is 0 Å². The van der Waals surface area contributed by atoms with Crippen molar-refractivity contribution in [2.75, 3.05) is 0 Å². The van der Waals surface area contributed by atoms with Crippen molar-refractivity contribution < 1.29 is 4.39 Å². The molecule has 0 saturated carbocycles. The molecule has 0 amide bonds. The van der Waals surface area contributed by atoms with Crippen LogP contribution in [0.3, 0.4) is 0 Å². The molecule has 0 aliphatic heterocycles. The molecule has 2 rings (SSSR count). The molecule has 2 aromatic rings. The summed E-state index contributed by atoms with van der Waals surface area (Å²) in [7, 11) is 0. The van der Waals surface area contributed by atoms with Crippen molar-refractivity contribution in [3.63, 3.8) is 0 Å². The van der Waals surface area contributed by atoms with Crippen LogP contribution in [0.25, 0.3) is 11.1 Å². The molecular weight excluding hydrogens is 355 g/mol. The second kappa shape index (κ2) is 14.4. The maximum Gasteiger partial charge on any atom is 0.131 e. The maximum absolute atomic E-state index is 14.6.